The number of aryl methyl sites for hydroxylation is 1. The summed E-state index contributed by atoms with van der Waals surface area (Å²) in [6, 6.07) is 0. The van der Waals surface area contributed by atoms with Gasteiger partial charge in [-0.05, 0) is 44.6 Å². The van der Waals surface area contributed by atoms with Gasteiger partial charge in [0.05, 0.1) is 11.4 Å². The lowest BCUT2D eigenvalue weighted by Gasteiger charge is -2.07. The average molecular weight is 234 g/mol. The van der Waals surface area contributed by atoms with Crippen LogP contribution < -0.4 is 5.32 Å². The number of nitrogens with zero attached hydrogens (tertiary/aromatic N) is 3. The lowest BCUT2D eigenvalue weighted by Crippen LogP contribution is -2.11. The first-order valence-electron chi connectivity index (χ1n) is 6.92. The molecule has 0 bridgehead atoms. The highest BCUT2D eigenvalue weighted by Crippen LogP contribution is 2.35. The van der Waals surface area contributed by atoms with Crippen LogP contribution in [0.15, 0.2) is 0 Å². The second kappa shape index (κ2) is 4.77. The predicted octanol–water partition coefficient (Wildman–Crippen LogP) is 1.75. The van der Waals surface area contributed by atoms with E-state index >= 15 is 0 Å². The van der Waals surface area contributed by atoms with Crippen LogP contribution in [0.2, 0.25) is 0 Å². The number of aromatic nitrogens is 3. The fraction of sp³-hybridized carbons (Fsp3) is 0.846. The quantitative estimate of drug-likeness (QED) is 0.781. The van der Waals surface area contributed by atoms with Crippen LogP contribution in [-0.4, -0.2) is 22.0 Å². The van der Waals surface area contributed by atoms with Crippen LogP contribution in [0, 0.1) is 11.8 Å². The maximum absolute atomic E-state index is 4.34. The van der Waals surface area contributed by atoms with Crippen molar-refractivity contribution in [3.63, 3.8) is 0 Å². The number of hydrogen-bond acceptors (Lipinski definition) is 3. The van der Waals surface area contributed by atoms with Gasteiger partial charge in [0.1, 0.15) is 0 Å². The Morgan fingerprint density at radius 3 is 2.65 bits per heavy atom. The molecule has 4 nitrogen and oxygen atoms in total. The number of nitrogens with one attached hydrogen (secondary N) is 1. The smallest absolute Gasteiger partial charge is 0.0996 e. The van der Waals surface area contributed by atoms with Crippen LogP contribution in [-0.2, 0) is 19.5 Å². The molecule has 4 heteroatoms. The number of hydrogen-bond donors (Lipinski definition) is 1. The molecule has 1 heterocycles. The summed E-state index contributed by atoms with van der Waals surface area (Å²) < 4.78 is 2.17. The van der Waals surface area contributed by atoms with Gasteiger partial charge in [0.15, 0.2) is 0 Å². The summed E-state index contributed by atoms with van der Waals surface area (Å²) in [5.41, 5.74) is 2.55. The minimum atomic E-state index is 0.853. The lowest BCUT2D eigenvalue weighted by molar-refractivity contribution is 0.508. The maximum Gasteiger partial charge on any atom is 0.0996 e. The van der Waals surface area contributed by atoms with Crippen LogP contribution in [0.5, 0.6) is 0 Å². The van der Waals surface area contributed by atoms with Crippen molar-refractivity contribution in [2.75, 3.05) is 7.05 Å². The molecule has 94 valence electrons. The van der Waals surface area contributed by atoms with Crippen LogP contribution in [0.3, 0.4) is 0 Å². The van der Waals surface area contributed by atoms with Crippen molar-refractivity contribution >= 4 is 0 Å². The highest BCUT2D eigenvalue weighted by Gasteiger charge is 2.26. The minimum absolute atomic E-state index is 0.853. The molecule has 17 heavy (non-hydrogen) atoms. The average Bonchev–Trinajstić information content (AvgIpc) is 3.21. The Morgan fingerprint density at radius 1 is 1.24 bits per heavy atom. The van der Waals surface area contributed by atoms with Gasteiger partial charge < -0.3 is 5.32 Å². The highest BCUT2D eigenvalue weighted by atomic mass is 15.4. The summed E-state index contributed by atoms with van der Waals surface area (Å²) in [7, 11) is 1.98. The second-order valence-corrected chi connectivity index (χ2v) is 5.62. The molecule has 0 spiro atoms. The van der Waals surface area contributed by atoms with Crippen molar-refractivity contribution in [2.45, 2.75) is 51.6 Å². The van der Waals surface area contributed by atoms with Crippen LogP contribution in [0.4, 0.5) is 0 Å². The Kier molecular flexibility index (Phi) is 3.14. The topological polar surface area (TPSA) is 42.7 Å². The van der Waals surface area contributed by atoms with Crippen molar-refractivity contribution in [1.29, 1.82) is 0 Å². The zero-order valence-corrected chi connectivity index (χ0v) is 10.7. The summed E-state index contributed by atoms with van der Waals surface area (Å²) >= 11 is 0. The van der Waals surface area contributed by atoms with Gasteiger partial charge in [-0.3, -0.25) is 0 Å². The summed E-state index contributed by atoms with van der Waals surface area (Å²) in [4.78, 5) is 0. The standard InChI is InChI=1S/C13H22N4/c1-14-9-12-13(8-11-4-5-11)17(16-15-12)7-6-10-2-3-10/h10-11,14H,2-9H2,1H3. The molecule has 1 aromatic rings. The Bertz CT molecular complexity index is 377. The third kappa shape index (κ3) is 2.86. The Morgan fingerprint density at radius 2 is 2.00 bits per heavy atom. The van der Waals surface area contributed by atoms with Gasteiger partial charge in [0.2, 0.25) is 0 Å². The molecular weight excluding hydrogens is 212 g/mol. The molecule has 0 atom stereocenters. The lowest BCUT2D eigenvalue weighted by atomic mass is 10.1. The third-order valence-corrected chi connectivity index (χ3v) is 3.89. The van der Waals surface area contributed by atoms with Crippen LogP contribution in [0.1, 0.15) is 43.5 Å². The predicted molar refractivity (Wildman–Crippen MR) is 66.6 cm³/mol. The molecule has 0 radical (unpaired) electrons. The van der Waals surface area contributed by atoms with E-state index in [1.54, 1.807) is 0 Å². The van der Waals surface area contributed by atoms with Gasteiger partial charge in [0, 0.05) is 13.1 Å². The molecule has 0 aromatic carbocycles. The fourth-order valence-electron chi connectivity index (χ4n) is 2.38. The van der Waals surface area contributed by atoms with E-state index in [9.17, 15) is 0 Å². The molecule has 0 amide bonds. The van der Waals surface area contributed by atoms with Gasteiger partial charge in [-0.1, -0.05) is 18.1 Å². The van der Waals surface area contributed by atoms with Gasteiger partial charge in [-0.15, -0.1) is 5.10 Å². The van der Waals surface area contributed by atoms with E-state index in [0.29, 0.717) is 0 Å². The van der Waals surface area contributed by atoms with Gasteiger partial charge >= 0.3 is 0 Å². The van der Waals surface area contributed by atoms with Crippen LogP contribution >= 0.6 is 0 Å². The molecule has 2 fully saturated rings. The van der Waals surface area contributed by atoms with Crippen molar-refractivity contribution in [3.8, 4) is 0 Å². The first-order valence-corrected chi connectivity index (χ1v) is 6.92. The first kappa shape index (κ1) is 11.2. The maximum atomic E-state index is 4.34. The molecule has 2 saturated carbocycles. The molecule has 0 saturated heterocycles. The van der Waals surface area contributed by atoms with E-state index in [4.69, 9.17) is 0 Å². The zero-order valence-electron chi connectivity index (χ0n) is 10.7. The van der Waals surface area contributed by atoms with E-state index in [0.717, 1.165) is 30.6 Å². The third-order valence-electron chi connectivity index (χ3n) is 3.89. The van der Waals surface area contributed by atoms with E-state index in [1.165, 1.54) is 44.2 Å². The highest BCUT2D eigenvalue weighted by molar-refractivity contribution is 5.12. The van der Waals surface area contributed by atoms with E-state index in [2.05, 4.69) is 20.3 Å². The van der Waals surface area contributed by atoms with E-state index < -0.39 is 0 Å². The van der Waals surface area contributed by atoms with Crippen molar-refractivity contribution < 1.29 is 0 Å². The molecule has 1 aromatic heterocycles. The molecule has 0 aliphatic heterocycles. The van der Waals surface area contributed by atoms with Gasteiger partial charge in [-0.2, -0.15) is 0 Å². The second-order valence-electron chi connectivity index (χ2n) is 5.62. The SMILES string of the molecule is CNCc1nnn(CCC2CC2)c1CC1CC1. The molecule has 2 aliphatic carbocycles. The molecule has 0 unspecified atom stereocenters. The Labute approximate surface area is 103 Å². The summed E-state index contributed by atoms with van der Waals surface area (Å²) in [6.45, 7) is 1.93. The largest absolute Gasteiger partial charge is 0.314 e. The molecular formula is C13H22N4. The van der Waals surface area contributed by atoms with Gasteiger partial charge in [-0.25, -0.2) is 4.68 Å². The monoisotopic (exact) mass is 234 g/mol. The minimum Gasteiger partial charge on any atom is -0.314 e. The summed E-state index contributed by atoms with van der Waals surface area (Å²) in [5.74, 6) is 1.88. The molecule has 3 rings (SSSR count). The molecule has 1 N–H and O–H groups in total. The number of rotatable bonds is 7. The van der Waals surface area contributed by atoms with Crippen molar-refractivity contribution in [2.24, 2.45) is 11.8 Å². The van der Waals surface area contributed by atoms with Crippen LogP contribution in [0.25, 0.3) is 0 Å². The van der Waals surface area contributed by atoms with Crippen molar-refractivity contribution in [1.82, 2.24) is 20.3 Å². The normalized spacial score (nSPS) is 19.8. The van der Waals surface area contributed by atoms with E-state index in [-0.39, 0.29) is 0 Å². The molecule has 2 aliphatic rings. The van der Waals surface area contributed by atoms with Crippen molar-refractivity contribution in [3.05, 3.63) is 11.4 Å². The zero-order chi connectivity index (χ0) is 11.7. The van der Waals surface area contributed by atoms with E-state index in [1.807, 2.05) is 7.05 Å². The first-order chi connectivity index (χ1) is 8.36. The summed E-state index contributed by atoms with van der Waals surface area (Å²) in [6.07, 6.45) is 8.13. The fourth-order valence-corrected chi connectivity index (χ4v) is 2.38. The van der Waals surface area contributed by atoms with Gasteiger partial charge in [0.25, 0.3) is 0 Å². The summed E-state index contributed by atoms with van der Waals surface area (Å²) in [5, 5.41) is 11.9. The Balaban J connectivity index is 1.69. The Hall–Kier alpha value is -0.900.